The SMILES string of the molecule is NCc1ccccc1CC(=O)NCCN1CCCCCC1. The van der Waals surface area contributed by atoms with E-state index >= 15 is 0 Å². The summed E-state index contributed by atoms with van der Waals surface area (Å²) >= 11 is 0. The van der Waals surface area contributed by atoms with E-state index in [2.05, 4.69) is 10.2 Å². The number of rotatable bonds is 6. The van der Waals surface area contributed by atoms with Gasteiger partial charge in [-0.05, 0) is 37.1 Å². The van der Waals surface area contributed by atoms with Crippen LogP contribution in [0.1, 0.15) is 36.8 Å². The van der Waals surface area contributed by atoms with Crippen molar-refractivity contribution in [2.24, 2.45) is 5.73 Å². The molecular formula is C17H27N3O. The lowest BCUT2D eigenvalue weighted by Crippen LogP contribution is -2.36. The summed E-state index contributed by atoms with van der Waals surface area (Å²) < 4.78 is 0. The van der Waals surface area contributed by atoms with E-state index in [-0.39, 0.29) is 5.91 Å². The maximum atomic E-state index is 12.0. The first-order valence-corrected chi connectivity index (χ1v) is 8.05. The van der Waals surface area contributed by atoms with Crippen LogP contribution in [0.4, 0.5) is 0 Å². The lowest BCUT2D eigenvalue weighted by molar-refractivity contribution is -0.120. The van der Waals surface area contributed by atoms with E-state index in [0.717, 1.165) is 24.2 Å². The third-order valence-electron chi connectivity index (χ3n) is 4.14. The Labute approximate surface area is 127 Å². The van der Waals surface area contributed by atoms with E-state index in [9.17, 15) is 4.79 Å². The zero-order valence-electron chi connectivity index (χ0n) is 12.8. The van der Waals surface area contributed by atoms with Crippen molar-refractivity contribution in [1.29, 1.82) is 0 Å². The lowest BCUT2D eigenvalue weighted by Gasteiger charge is -2.19. The van der Waals surface area contributed by atoms with E-state index in [0.29, 0.717) is 13.0 Å². The van der Waals surface area contributed by atoms with Crippen LogP contribution in [0, 0.1) is 0 Å². The normalized spacial score (nSPS) is 16.4. The van der Waals surface area contributed by atoms with Gasteiger partial charge in [0, 0.05) is 19.6 Å². The zero-order valence-corrected chi connectivity index (χ0v) is 12.8. The second kappa shape index (κ2) is 8.80. The molecule has 1 aliphatic heterocycles. The fourth-order valence-corrected chi connectivity index (χ4v) is 2.88. The number of hydrogen-bond acceptors (Lipinski definition) is 3. The molecule has 3 N–H and O–H groups in total. The Balaban J connectivity index is 1.72. The Hall–Kier alpha value is -1.39. The highest BCUT2D eigenvalue weighted by molar-refractivity contribution is 5.78. The molecule has 0 spiro atoms. The van der Waals surface area contributed by atoms with Gasteiger partial charge in [0.05, 0.1) is 6.42 Å². The molecule has 0 aromatic heterocycles. The molecule has 1 heterocycles. The highest BCUT2D eigenvalue weighted by Crippen LogP contribution is 2.09. The molecule has 1 saturated heterocycles. The molecule has 4 heteroatoms. The molecule has 1 aromatic rings. The lowest BCUT2D eigenvalue weighted by atomic mass is 10.0. The van der Waals surface area contributed by atoms with Gasteiger partial charge >= 0.3 is 0 Å². The number of benzene rings is 1. The first-order valence-electron chi connectivity index (χ1n) is 8.05. The number of nitrogens with two attached hydrogens (primary N) is 1. The molecule has 0 unspecified atom stereocenters. The van der Waals surface area contributed by atoms with Crippen LogP contribution in [-0.2, 0) is 17.8 Å². The van der Waals surface area contributed by atoms with Gasteiger partial charge in [0.25, 0.3) is 0 Å². The van der Waals surface area contributed by atoms with Crippen molar-refractivity contribution in [1.82, 2.24) is 10.2 Å². The molecule has 0 bridgehead atoms. The first-order chi connectivity index (χ1) is 10.3. The Morgan fingerprint density at radius 2 is 1.76 bits per heavy atom. The second-order valence-corrected chi connectivity index (χ2v) is 5.76. The molecule has 0 aliphatic carbocycles. The maximum Gasteiger partial charge on any atom is 0.224 e. The summed E-state index contributed by atoms with van der Waals surface area (Å²) in [6.07, 6.45) is 5.69. The van der Waals surface area contributed by atoms with Gasteiger partial charge in [-0.2, -0.15) is 0 Å². The number of likely N-dealkylation sites (tertiary alicyclic amines) is 1. The average molecular weight is 289 g/mol. The standard InChI is InChI=1S/C17H27N3O/c18-14-16-8-4-3-7-15(16)13-17(21)19-9-12-20-10-5-1-2-6-11-20/h3-4,7-8H,1-2,5-6,9-14,18H2,(H,19,21). The number of amides is 1. The van der Waals surface area contributed by atoms with E-state index < -0.39 is 0 Å². The van der Waals surface area contributed by atoms with Crippen LogP contribution in [0.5, 0.6) is 0 Å². The molecule has 0 atom stereocenters. The van der Waals surface area contributed by atoms with E-state index in [1.54, 1.807) is 0 Å². The number of carbonyl (C=O) groups is 1. The summed E-state index contributed by atoms with van der Waals surface area (Å²) in [7, 11) is 0. The molecule has 1 amide bonds. The Morgan fingerprint density at radius 1 is 1.10 bits per heavy atom. The minimum Gasteiger partial charge on any atom is -0.355 e. The highest BCUT2D eigenvalue weighted by atomic mass is 16.1. The molecule has 1 aliphatic rings. The van der Waals surface area contributed by atoms with Crippen molar-refractivity contribution in [2.45, 2.75) is 38.6 Å². The Bertz CT molecular complexity index is 439. The monoisotopic (exact) mass is 289 g/mol. The molecule has 1 fully saturated rings. The topological polar surface area (TPSA) is 58.4 Å². The molecule has 2 rings (SSSR count). The van der Waals surface area contributed by atoms with Gasteiger partial charge in [0.1, 0.15) is 0 Å². The fraction of sp³-hybridized carbons (Fsp3) is 0.588. The molecule has 116 valence electrons. The zero-order chi connectivity index (χ0) is 14.9. The van der Waals surface area contributed by atoms with Gasteiger partial charge in [-0.25, -0.2) is 0 Å². The van der Waals surface area contributed by atoms with Crippen LogP contribution in [0.3, 0.4) is 0 Å². The molecule has 0 radical (unpaired) electrons. The molecule has 21 heavy (non-hydrogen) atoms. The second-order valence-electron chi connectivity index (χ2n) is 5.76. The summed E-state index contributed by atoms with van der Waals surface area (Å²) in [4.78, 5) is 14.5. The van der Waals surface area contributed by atoms with Crippen molar-refractivity contribution in [3.8, 4) is 0 Å². The Morgan fingerprint density at radius 3 is 2.43 bits per heavy atom. The predicted octanol–water partition coefficient (Wildman–Crippen LogP) is 1.68. The maximum absolute atomic E-state index is 12.0. The van der Waals surface area contributed by atoms with E-state index in [4.69, 9.17) is 5.73 Å². The number of nitrogens with zero attached hydrogens (tertiary/aromatic N) is 1. The predicted molar refractivity (Wildman–Crippen MR) is 86.0 cm³/mol. The van der Waals surface area contributed by atoms with E-state index in [1.165, 1.54) is 38.8 Å². The van der Waals surface area contributed by atoms with Crippen LogP contribution >= 0.6 is 0 Å². The minimum atomic E-state index is 0.0886. The van der Waals surface area contributed by atoms with Gasteiger partial charge in [-0.15, -0.1) is 0 Å². The quantitative estimate of drug-likeness (QED) is 0.837. The van der Waals surface area contributed by atoms with Gasteiger partial charge in [-0.1, -0.05) is 37.1 Å². The van der Waals surface area contributed by atoms with Crippen molar-refractivity contribution < 1.29 is 4.79 Å². The highest BCUT2D eigenvalue weighted by Gasteiger charge is 2.10. The fourth-order valence-electron chi connectivity index (χ4n) is 2.88. The summed E-state index contributed by atoms with van der Waals surface area (Å²) in [6.45, 7) is 4.53. The Kier molecular flexibility index (Phi) is 6.70. The average Bonchev–Trinajstić information content (AvgIpc) is 2.76. The van der Waals surface area contributed by atoms with Crippen molar-refractivity contribution >= 4 is 5.91 Å². The van der Waals surface area contributed by atoms with Crippen LogP contribution < -0.4 is 11.1 Å². The van der Waals surface area contributed by atoms with Crippen molar-refractivity contribution in [2.75, 3.05) is 26.2 Å². The number of carbonyl (C=O) groups excluding carboxylic acids is 1. The smallest absolute Gasteiger partial charge is 0.224 e. The summed E-state index contributed by atoms with van der Waals surface area (Å²) in [6, 6.07) is 7.89. The summed E-state index contributed by atoms with van der Waals surface area (Å²) in [5.74, 6) is 0.0886. The van der Waals surface area contributed by atoms with Gasteiger partial charge in [-0.3, -0.25) is 4.79 Å². The summed E-state index contributed by atoms with van der Waals surface area (Å²) in [5.41, 5.74) is 7.79. The van der Waals surface area contributed by atoms with E-state index in [1.807, 2.05) is 24.3 Å². The minimum absolute atomic E-state index is 0.0886. The third kappa shape index (κ3) is 5.48. The van der Waals surface area contributed by atoms with Crippen LogP contribution in [-0.4, -0.2) is 37.0 Å². The summed E-state index contributed by atoms with van der Waals surface area (Å²) in [5, 5.41) is 3.03. The van der Waals surface area contributed by atoms with Crippen molar-refractivity contribution in [3.63, 3.8) is 0 Å². The number of nitrogens with one attached hydrogen (secondary N) is 1. The molecule has 0 saturated carbocycles. The molecule has 1 aromatic carbocycles. The number of hydrogen-bond donors (Lipinski definition) is 2. The van der Waals surface area contributed by atoms with Crippen LogP contribution in [0.25, 0.3) is 0 Å². The van der Waals surface area contributed by atoms with Gasteiger partial charge < -0.3 is 16.0 Å². The molecule has 4 nitrogen and oxygen atoms in total. The van der Waals surface area contributed by atoms with Gasteiger partial charge in [0.15, 0.2) is 0 Å². The van der Waals surface area contributed by atoms with Gasteiger partial charge in [0.2, 0.25) is 5.91 Å². The van der Waals surface area contributed by atoms with Crippen molar-refractivity contribution in [3.05, 3.63) is 35.4 Å². The molecular weight excluding hydrogens is 262 g/mol. The largest absolute Gasteiger partial charge is 0.355 e. The van der Waals surface area contributed by atoms with Crippen LogP contribution in [0.15, 0.2) is 24.3 Å². The first kappa shape index (κ1) is 16.0. The third-order valence-corrected chi connectivity index (χ3v) is 4.14. The van der Waals surface area contributed by atoms with Crippen LogP contribution in [0.2, 0.25) is 0 Å².